The van der Waals surface area contributed by atoms with Gasteiger partial charge in [-0.1, -0.05) is 34.7 Å². The fourth-order valence-electron chi connectivity index (χ4n) is 3.53. The largest absolute Gasteiger partial charge is 0.513 e. The smallest absolute Gasteiger partial charge is 0.432 e. The first kappa shape index (κ1) is 51.6. The zero-order valence-corrected chi connectivity index (χ0v) is 36.0. The summed E-state index contributed by atoms with van der Waals surface area (Å²) < 4.78 is 72.0. The number of H-pyrrole nitrogens is 2. The Morgan fingerprint density at radius 2 is 1.53 bits per heavy atom. The Hall–Kier alpha value is -3.36. The number of nitrogens with one attached hydrogen (secondary N) is 2. The highest BCUT2D eigenvalue weighted by atomic mass is 31.2. The lowest BCUT2D eigenvalue weighted by molar-refractivity contribution is -0.0130. The highest BCUT2D eigenvalue weighted by molar-refractivity contribution is 7.61. The van der Waals surface area contributed by atoms with Gasteiger partial charge >= 0.3 is 40.8 Å². The number of ether oxygens (including phenoxy) is 3. The van der Waals surface area contributed by atoms with Gasteiger partial charge in [-0.05, 0) is 52.5 Å². The molecule has 3 N–H and O–H groups in total. The molecule has 0 aliphatic carbocycles. The summed E-state index contributed by atoms with van der Waals surface area (Å²) in [6.07, 6.45) is 9.98. The molecule has 0 aliphatic heterocycles. The molecule has 0 bridgehead atoms. The maximum absolute atomic E-state index is 12.9. The van der Waals surface area contributed by atoms with E-state index >= 15 is 0 Å². The number of nitrogens with zero attached hydrogens (tertiary/aromatic N) is 2. The molecular formula is C32H55N4O15P4+. The van der Waals surface area contributed by atoms with Gasteiger partial charge in [0.2, 0.25) is 6.79 Å². The van der Waals surface area contributed by atoms with E-state index in [1.165, 1.54) is 34.1 Å². The first-order chi connectivity index (χ1) is 26.3. The van der Waals surface area contributed by atoms with Gasteiger partial charge in [0.15, 0.2) is 6.66 Å². The molecule has 0 radical (unpaired) electrons. The van der Waals surface area contributed by atoms with E-state index in [1.807, 2.05) is 26.0 Å². The molecule has 55 heavy (non-hydrogen) atoms. The van der Waals surface area contributed by atoms with Crippen LogP contribution in [0.25, 0.3) is 0 Å². The minimum absolute atomic E-state index is 0.110. The van der Waals surface area contributed by atoms with Crippen molar-refractivity contribution in [2.45, 2.75) is 67.2 Å². The second-order valence-electron chi connectivity index (χ2n) is 11.1. The SMILES string of the molecule is C=CCP(=O)(O)O[P+](C)=O.CC=CCn1cc(C)c(=O)[nH]c1=O.CCOCCCOP(=O)(C/C=C/Cn1cc(C)c(=O)[nH]c1=O)OCOC(=O)OC(C)C.[2H]P. The quantitative estimate of drug-likeness (QED) is 0.0532. The Bertz CT molecular complexity index is 1890. The van der Waals surface area contributed by atoms with Gasteiger partial charge in [-0.15, -0.1) is 6.58 Å². The number of aromatic nitrogens is 4. The summed E-state index contributed by atoms with van der Waals surface area (Å²) in [4.78, 5) is 70.0. The predicted octanol–water partition coefficient (Wildman–Crippen LogP) is 4.80. The van der Waals surface area contributed by atoms with Gasteiger partial charge in [0.05, 0.1) is 26.3 Å². The van der Waals surface area contributed by atoms with Crippen LogP contribution in [0, 0.1) is 13.8 Å². The molecule has 0 fully saturated rings. The van der Waals surface area contributed by atoms with Crippen molar-refractivity contribution < 1.29 is 51.0 Å². The number of allylic oxidation sites excluding steroid dienone is 5. The predicted molar refractivity (Wildman–Crippen MR) is 215 cm³/mol. The zero-order valence-electron chi connectivity index (χ0n) is 33.2. The fourth-order valence-corrected chi connectivity index (χ4v) is 6.87. The van der Waals surface area contributed by atoms with Crippen molar-refractivity contribution in [3.63, 3.8) is 0 Å². The van der Waals surface area contributed by atoms with Gasteiger partial charge in [-0.25, -0.2) is 14.4 Å². The molecule has 0 spiro atoms. The summed E-state index contributed by atoms with van der Waals surface area (Å²) in [5.41, 5.74) is -0.743. The van der Waals surface area contributed by atoms with Crippen LogP contribution in [0.4, 0.5) is 4.79 Å². The average Bonchev–Trinajstić information content (AvgIpc) is 3.10. The number of hydrogen-bond acceptors (Lipinski definition) is 14. The third-order valence-corrected chi connectivity index (χ3v) is 10.4. The van der Waals surface area contributed by atoms with Crippen LogP contribution in [-0.4, -0.2) is 83.1 Å². The van der Waals surface area contributed by atoms with Crippen LogP contribution in [0.3, 0.4) is 0 Å². The van der Waals surface area contributed by atoms with E-state index in [2.05, 4.69) is 20.9 Å². The Kier molecular flexibility index (Phi) is 27.2. The number of carbonyl (C=O) groups excluding carboxylic acids is 1. The van der Waals surface area contributed by atoms with E-state index in [0.29, 0.717) is 37.3 Å². The zero-order chi connectivity index (χ0) is 43.3. The van der Waals surface area contributed by atoms with E-state index in [0.717, 1.165) is 0 Å². The highest BCUT2D eigenvalue weighted by Gasteiger charge is 2.27. The normalized spacial score (nSPS) is 13.5. The summed E-state index contributed by atoms with van der Waals surface area (Å²) in [7, 11) is -7.62. The Labute approximate surface area is 325 Å². The summed E-state index contributed by atoms with van der Waals surface area (Å²) in [5, 5.41) is 0. The molecule has 0 aliphatic rings. The number of aryl methyl sites for hydroxylation is 2. The topological polar surface area (TPSA) is 254 Å². The lowest BCUT2D eigenvalue weighted by atomic mass is 10.4. The summed E-state index contributed by atoms with van der Waals surface area (Å²) in [6.45, 7) is 16.0. The summed E-state index contributed by atoms with van der Waals surface area (Å²) in [5.74, 6) is 0. The molecule has 2 aromatic heterocycles. The molecule has 4 unspecified atom stereocenters. The molecule has 19 nitrogen and oxygen atoms in total. The minimum atomic E-state index is -3.65. The molecule has 0 amide bonds. The summed E-state index contributed by atoms with van der Waals surface area (Å²) in [6, 6.07) is 0. The fraction of sp³-hybridized carbons (Fsp3) is 0.531. The van der Waals surface area contributed by atoms with Gasteiger partial charge in [0.1, 0.15) is 0 Å². The molecule has 4 atom stereocenters. The lowest BCUT2D eigenvalue weighted by Crippen LogP contribution is -2.30. The molecule has 0 saturated heterocycles. The second kappa shape index (κ2) is 29.0. The first-order valence-corrected chi connectivity index (χ1v) is 21.6. The average molecular weight is 861 g/mol. The molecule has 23 heteroatoms. The van der Waals surface area contributed by atoms with Crippen molar-refractivity contribution in [1.82, 2.24) is 19.1 Å². The second-order valence-corrected chi connectivity index (χ2v) is 16.4. The standard InChI is InChI=1S/C19H31N2O9P.C9H12N2O2.C4H8O4P2.H3P/c1-5-26-10-8-11-28-31(25,29-14-27-19(24)30-15(2)3)12-7-6-9-21-13-16(4)17(22)20-18(21)23;1-3-4-5-11-6-7(2)8(12)10-9(11)13;1-3-4-10(6,7)8-9(2)5;/h6-7,13,15H,5,8-12,14H2,1-4H3,(H,20,22,23);3-4,6H,5H2,1-2H3,(H,10,12,13);3H,1,4H2,2H3;1H3/p+1/b7-6+;;;/i;;;1D. The van der Waals surface area contributed by atoms with Gasteiger partial charge in [-0.2, -0.15) is 9.84 Å². The van der Waals surface area contributed by atoms with E-state index in [9.17, 15) is 37.7 Å². The van der Waals surface area contributed by atoms with Crippen molar-refractivity contribution in [2.75, 3.05) is 45.6 Å². The molecule has 312 valence electrons. The summed E-state index contributed by atoms with van der Waals surface area (Å²) >= 11 is 0. The van der Waals surface area contributed by atoms with Crippen molar-refractivity contribution in [3.05, 3.63) is 102 Å². The van der Waals surface area contributed by atoms with Crippen LogP contribution < -0.4 is 22.5 Å². The van der Waals surface area contributed by atoms with E-state index < -0.39 is 47.4 Å². The molecule has 0 aromatic carbocycles. The number of hydrogen-bond donors (Lipinski definition) is 3. The Balaban J connectivity index is 0. The van der Waals surface area contributed by atoms with Gasteiger partial charge in [-0.3, -0.25) is 42.3 Å². The number of aromatic amines is 2. The van der Waals surface area contributed by atoms with Crippen LogP contribution in [-0.2, 0) is 54.4 Å². The van der Waals surface area contributed by atoms with Gasteiger partial charge in [0, 0.05) is 49.8 Å². The molecule has 2 rings (SSSR count). The minimum Gasteiger partial charge on any atom is -0.432 e. The van der Waals surface area contributed by atoms with Crippen molar-refractivity contribution >= 4 is 39.2 Å². The molecule has 0 saturated carbocycles. The first-order valence-electron chi connectivity index (χ1n) is 17.1. The van der Waals surface area contributed by atoms with Crippen LogP contribution in [0.5, 0.6) is 0 Å². The van der Waals surface area contributed by atoms with Gasteiger partial charge < -0.3 is 23.6 Å². The van der Waals surface area contributed by atoms with Crippen LogP contribution in [0.2, 0.25) is 0 Å². The van der Waals surface area contributed by atoms with Crippen molar-refractivity contribution in [1.29, 1.82) is 1.28 Å². The maximum Gasteiger partial charge on any atom is 0.513 e. The van der Waals surface area contributed by atoms with Crippen LogP contribution in [0.1, 0.15) is 45.2 Å². The molecule has 2 heterocycles. The number of carbonyl (C=O) groups is 1. The third-order valence-electron chi connectivity index (χ3n) is 6.00. The molecule has 2 aromatic rings. The number of rotatable bonds is 20. The van der Waals surface area contributed by atoms with Gasteiger partial charge in [0.25, 0.3) is 11.1 Å². The van der Waals surface area contributed by atoms with Crippen molar-refractivity contribution in [2.24, 2.45) is 0 Å². The van der Waals surface area contributed by atoms with Crippen LogP contribution in [0.15, 0.2) is 68.5 Å². The van der Waals surface area contributed by atoms with E-state index in [1.54, 1.807) is 49.8 Å². The monoisotopic (exact) mass is 860 g/mol. The van der Waals surface area contributed by atoms with Crippen molar-refractivity contribution in [3.8, 4) is 0 Å². The third kappa shape index (κ3) is 25.4. The maximum atomic E-state index is 12.9. The Morgan fingerprint density at radius 1 is 0.982 bits per heavy atom. The van der Waals surface area contributed by atoms with Crippen LogP contribution >= 0.6 is 33.1 Å². The molecular weight excluding hydrogens is 804 g/mol. The highest BCUT2D eigenvalue weighted by Crippen LogP contribution is 2.49. The van der Waals surface area contributed by atoms with E-state index in [-0.39, 0.29) is 42.8 Å². The lowest BCUT2D eigenvalue weighted by Gasteiger charge is -2.17. The van der Waals surface area contributed by atoms with E-state index in [4.69, 9.17) is 29.4 Å². The Morgan fingerprint density at radius 3 is 2.00 bits per heavy atom.